The quantitative estimate of drug-likeness (QED) is 0.546. The van der Waals surface area contributed by atoms with Gasteiger partial charge in [0, 0.05) is 22.9 Å². The fraction of sp³-hybridized carbons (Fsp3) is 0.304. The van der Waals surface area contributed by atoms with Gasteiger partial charge in [-0.25, -0.2) is 13.4 Å². The molecule has 2 aromatic carbocycles. The van der Waals surface area contributed by atoms with Crippen LogP contribution in [0, 0.1) is 6.92 Å². The number of carbonyl (C=O) groups is 1. The number of thiazole rings is 1. The molecule has 3 aromatic rings. The van der Waals surface area contributed by atoms with Crippen molar-refractivity contribution in [3.05, 3.63) is 58.0 Å². The van der Waals surface area contributed by atoms with Gasteiger partial charge in [-0.05, 0) is 43.3 Å². The van der Waals surface area contributed by atoms with E-state index in [2.05, 4.69) is 35.8 Å². The number of ether oxygens (including phenoxy) is 2. The van der Waals surface area contributed by atoms with E-state index >= 15 is 0 Å². The van der Waals surface area contributed by atoms with Crippen molar-refractivity contribution >= 4 is 38.6 Å². The zero-order valence-corrected chi connectivity index (χ0v) is 20.4. The Morgan fingerprint density at radius 2 is 1.64 bits per heavy atom. The molecule has 0 saturated carbocycles. The van der Waals surface area contributed by atoms with Gasteiger partial charge in [0.1, 0.15) is 18.1 Å². The molecule has 0 atom stereocenters. The zero-order valence-electron chi connectivity index (χ0n) is 18.8. The lowest BCUT2D eigenvalue weighted by molar-refractivity contribution is 0.103. The van der Waals surface area contributed by atoms with Gasteiger partial charge in [0.15, 0.2) is 11.5 Å². The number of nitrogens with one attached hydrogen (secondary N) is 2. The van der Waals surface area contributed by atoms with Crippen molar-refractivity contribution in [2.45, 2.75) is 38.0 Å². The smallest absolute Gasteiger partial charge is 0.267 e. The maximum absolute atomic E-state index is 12.8. The normalized spacial score (nSPS) is 13.5. The predicted octanol–water partition coefficient (Wildman–Crippen LogP) is 4.57. The van der Waals surface area contributed by atoms with Gasteiger partial charge < -0.3 is 14.8 Å². The summed E-state index contributed by atoms with van der Waals surface area (Å²) in [5.41, 5.74) is 1.47. The Morgan fingerprint density at radius 1 is 1.00 bits per heavy atom. The third-order valence-corrected chi connectivity index (χ3v) is 7.82. The lowest BCUT2D eigenvalue weighted by Crippen LogP contribution is -2.17. The molecule has 1 aliphatic heterocycles. The molecule has 0 bridgehead atoms. The summed E-state index contributed by atoms with van der Waals surface area (Å²) < 4.78 is 39.0. The van der Waals surface area contributed by atoms with Gasteiger partial charge in [-0.3, -0.25) is 9.52 Å². The van der Waals surface area contributed by atoms with E-state index in [-0.39, 0.29) is 16.2 Å². The third-order valence-electron chi connectivity index (χ3n) is 4.86. The molecule has 10 heteroatoms. The first-order chi connectivity index (χ1) is 15.5. The number of hydrogen-bond donors (Lipinski definition) is 2. The molecular formula is C23H25N3O5S2. The van der Waals surface area contributed by atoms with Crippen molar-refractivity contribution in [2.24, 2.45) is 0 Å². The first-order valence-corrected chi connectivity index (χ1v) is 12.6. The van der Waals surface area contributed by atoms with E-state index in [1.807, 2.05) is 6.92 Å². The molecule has 2 heterocycles. The van der Waals surface area contributed by atoms with Crippen LogP contribution in [0.5, 0.6) is 11.5 Å². The highest BCUT2D eigenvalue weighted by Crippen LogP contribution is 2.33. The first-order valence-electron chi connectivity index (χ1n) is 10.3. The van der Waals surface area contributed by atoms with Gasteiger partial charge in [0.25, 0.3) is 15.9 Å². The molecule has 0 unspecified atom stereocenters. The molecule has 1 aliphatic rings. The molecule has 4 rings (SSSR count). The molecule has 1 aromatic heterocycles. The standard InChI is InChI=1S/C23H25N3O5S2/c1-14-20(32-22(24-14)23(2,3)4)21(27)25-15-5-7-16(8-6-15)26-33(28,29)17-9-10-18-19(13-17)31-12-11-30-18/h5-10,13,26H,11-12H2,1-4H3,(H,25,27). The highest BCUT2D eigenvalue weighted by Gasteiger charge is 2.23. The van der Waals surface area contributed by atoms with Crippen molar-refractivity contribution in [1.29, 1.82) is 0 Å². The van der Waals surface area contributed by atoms with Crippen molar-refractivity contribution < 1.29 is 22.7 Å². The van der Waals surface area contributed by atoms with Gasteiger partial charge in [-0.1, -0.05) is 20.8 Å². The van der Waals surface area contributed by atoms with E-state index in [4.69, 9.17) is 9.47 Å². The summed E-state index contributed by atoms with van der Waals surface area (Å²) in [5.74, 6) is 0.673. The second-order valence-corrected chi connectivity index (χ2v) is 11.3. The summed E-state index contributed by atoms with van der Waals surface area (Å²) in [4.78, 5) is 17.9. The number of nitrogens with zero attached hydrogens (tertiary/aromatic N) is 1. The molecule has 0 fully saturated rings. The molecule has 8 nitrogen and oxygen atoms in total. The Kier molecular flexibility index (Phi) is 6.06. The van der Waals surface area contributed by atoms with Gasteiger partial charge in [-0.2, -0.15) is 0 Å². The van der Waals surface area contributed by atoms with Crippen molar-refractivity contribution in [3.8, 4) is 11.5 Å². The maximum atomic E-state index is 12.8. The Morgan fingerprint density at radius 3 is 2.27 bits per heavy atom. The van der Waals surface area contributed by atoms with E-state index in [9.17, 15) is 13.2 Å². The SMILES string of the molecule is Cc1nc(C(C)(C)C)sc1C(=O)Nc1ccc(NS(=O)(=O)c2ccc3c(c2)OCCO3)cc1. The molecule has 0 spiro atoms. The largest absolute Gasteiger partial charge is 0.486 e. The lowest BCUT2D eigenvalue weighted by Gasteiger charge is -2.19. The summed E-state index contributed by atoms with van der Waals surface area (Å²) >= 11 is 1.38. The minimum absolute atomic E-state index is 0.0689. The Labute approximate surface area is 197 Å². The monoisotopic (exact) mass is 487 g/mol. The fourth-order valence-electron chi connectivity index (χ4n) is 3.14. The molecular weight excluding hydrogens is 462 g/mol. The number of amides is 1. The number of aromatic nitrogens is 1. The Hall–Kier alpha value is -3.11. The topological polar surface area (TPSA) is 107 Å². The van der Waals surface area contributed by atoms with E-state index < -0.39 is 10.0 Å². The molecule has 174 valence electrons. The van der Waals surface area contributed by atoms with Gasteiger partial charge >= 0.3 is 0 Å². The average molecular weight is 488 g/mol. The summed E-state index contributed by atoms with van der Waals surface area (Å²) in [6.07, 6.45) is 0. The van der Waals surface area contributed by atoms with Crippen LogP contribution in [0.3, 0.4) is 0 Å². The van der Waals surface area contributed by atoms with Crippen molar-refractivity contribution in [3.63, 3.8) is 0 Å². The van der Waals surface area contributed by atoms with Crippen LogP contribution in [0.4, 0.5) is 11.4 Å². The van der Waals surface area contributed by atoms with Gasteiger partial charge in [-0.15, -0.1) is 11.3 Å². The van der Waals surface area contributed by atoms with Crippen molar-refractivity contribution in [1.82, 2.24) is 4.98 Å². The maximum Gasteiger partial charge on any atom is 0.267 e. The highest BCUT2D eigenvalue weighted by atomic mass is 32.2. The molecule has 2 N–H and O–H groups in total. The molecule has 1 amide bonds. The molecule has 0 saturated heterocycles. The van der Waals surface area contributed by atoms with Crippen LogP contribution in [0.25, 0.3) is 0 Å². The lowest BCUT2D eigenvalue weighted by atomic mass is 9.98. The number of benzene rings is 2. The molecule has 0 radical (unpaired) electrons. The Balaban J connectivity index is 1.45. The van der Waals surface area contributed by atoms with Gasteiger partial charge in [0.05, 0.1) is 15.6 Å². The Bertz CT molecular complexity index is 1290. The zero-order chi connectivity index (χ0) is 23.8. The number of sulfonamides is 1. The third kappa shape index (κ3) is 5.12. The summed E-state index contributed by atoms with van der Waals surface area (Å²) in [7, 11) is -3.82. The van der Waals surface area contributed by atoms with Crippen molar-refractivity contribution in [2.75, 3.05) is 23.3 Å². The van der Waals surface area contributed by atoms with E-state index in [1.165, 1.54) is 23.5 Å². The van der Waals surface area contributed by atoms with E-state index in [1.54, 1.807) is 30.3 Å². The van der Waals surface area contributed by atoms with Gasteiger partial charge in [0.2, 0.25) is 0 Å². The summed E-state index contributed by atoms with van der Waals surface area (Å²) in [5, 5.41) is 3.74. The molecule has 0 aliphatic carbocycles. The fourth-order valence-corrected chi connectivity index (χ4v) is 5.24. The molecule has 33 heavy (non-hydrogen) atoms. The second-order valence-electron chi connectivity index (χ2n) is 8.63. The number of fused-ring (bicyclic) bond motifs is 1. The van der Waals surface area contributed by atoms with Crippen LogP contribution >= 0.6 is 11.3 Å². The summed E-state index contributed by atoms with van der Waals surface area (Å²) in [6, 6.07) is 10.9. The van der Waals surface area contributed by atoms with E-state index in [0.29, 0.717) is 46.7 Å². The second kappa shape index (κ2) is 8.68. The average Bonchev–Trinajstić information content (AvgIpc) is 3.17. The van der Waals surface area contributed by atoms with Crippen LogP contribution < -0.4 is 19.5 Å². The number of anilines is 2. The van der Waals surface area contributed by atoms with Crippen LogP contribution in [0.15, 0.2) is 47.4 Å². The number of hydrogen-bond acceptors (Lipinski definition) is 7. The first kappa shape index (κ1) is 23.1. The van der Waals surface area contributed by atoms with Crippen LogP contribution in [-0.4, -0.2) is 32.5 Å². The van der Waals surface area contributed by atoms with Crippen LogP contribution in [-0.2, 0) is 15.4 Å². The minimum Gasteiger partial charge on any atom is -0.486 e. The van der Waals surface area contributed by atoms with Crippen LogP contribution in [0.2, 0.25) is 0 Å². The number of aryl methyl sites for hydroxylation is 1. The summed E-state index contributed by atoms with van der Waals surface area (Å²) in [6.45, 7) is 8.78. The number of carbonyl (C=O) groups excluding carboxylic acids is 1. The predicted molar refractivity (Wildman–Crippen MR) is 128 cm³/mol. The van der Waals surface area contributed by atoms with Crippen LogP contribution in [0.1, 0.15) is 41.1 Å². The number of rotatable bonds is 5. The minimum atomic E-state index is -3.82. The highest BCUT2D eigenvalue weighted by molar-refractivity contribution is 7.92. The van der Waals surface area contributed by atoms with E-state index in [0.717, 1.165) is 5.01 Å².